The first-order valence-electron chi connectivity index (χ1n) is 9.02. The Morgan fingerprint density at radius 3 is 2.33 bits per heavy atom. The number of amides is 1. The van der Waals surface area contributed by atoms with E-state index in [1.165, 1.54) is 0 Å². The molecular weight excluding hydrogens is 338 g/mol. The third kappa shape index (κ3) is 4.01. The number of rotatable bonds is 6. The summed E-state index contributed by atoms with van der Waals surface area (Å²) in [5.74, 6) is 0.687. The highest BCUT2D eigenvalue weighted by atomic mass is 16.6. The van der Waals surface area contributed by atoms with Gasteiger partial charge in [-0.25, -0.2) is 0 Å². The summed E-state index contributed by atoms with van der Waals surface area (Å²) in [6, 6.07) is 24.8. The lowest BCUT2D eigenvalue weighted by Gasteiger charge is -2.24. The van der Waals surface area contributed by atoms with Gasteiger partial charge in [0.15, 0.2) is 0 Å². The minimum Gasteiger partial charge on any atom is -0.490 e. The molecule has 1 saturated heterocycles. The minimum absolute atomic E-state index is 0.0814. The average molecular weight is 359 g/mol. The van der Waals surface area contributed by atoms with Crippen molar-refractivity contribution in [2.24, 2.45) is 0 Å². The second-order valence-electron chi connectivity index (χ2n) is 6.56. The zero-order valence-electron chi connectivity index (χ0n) is 15.2. The molecule has 0 saturated carbocycles. The van der Waals surface area contributed by atoms with Crippen LogP contribution in [0.25, 0.3) is 0 Å². The van der Waals surface area contributed by atoms with Gasteiger partial charge < -0.3 is 9.47 Å². The molecule has 0 aromatic heterocycles. The van der Waals surface area contributed by atoms with Gasteiger partial charge in [-0.3, -0.25) is 9.69 Å². The first-order chi connectivity index (χ1) is 13.2. The fraction of sp³-hybridized carbons (Fsp3) is 0.174. The van der Waals surface area contributed by atoms with Gasteiger partial charge in [0.25, 0.3) is 5.91 Å². The number of carbonyl (C=O) groups excluding carboxylic acids is 1. The Morgan fingerprint density at radius 1 is 1.00 bits per heavy atom. The molecule has 3 aromatic carbocycles. The quantitative estimate of drug-likeness (QED) is 0.597. The van der Waals surface area contributed by atoms with Crippen molar-refractivity contribution in [1.29, 1.82) is 0 Å². The molecular formula is C23H21NO3. The standard InChI is InChI=1S/C23H21NO3/c1-17-12-13-20(14-22(17)27-16-21-15-26-21)24(19-10-6-3-7-11-19)23(25)18-8-4-2-5-9-18/h2-14,21H,15-16H2,1H3. The molecule has 4 heteroatoms. The number of benzene rings is 3. The van der Waals surface area contributed by atoms with Crippen LogP contribution in [-0.4, -0.2) is 25.2 Å². The van der Waals surface area contributed by atoms with E-state index in [0.29, 0.717) is 12.2 Å². The minimum atomic E-state index is -0.0814. The van der Waals surface area contributed by atoms with E-state index in [2.05, 4.69) is 0 Å². The van der Waals surface area contributed by atoms with Crippen LogP contribution in [0.2, 0.25) is 0 Å². The Bertz CT molecular complexity index is 921. The van der Waals surface area contributed by atoms with E-state index in [9.17, 15) is 4.79 Å². The first-order valence-corrected chi connectivity index (χ1v) is 9.02. The predicted octanol–water partition coefficient (Wildman–Crippen LogP) is 4.75. The summed E-state index contributed by atoms with van der Waals surface area (Å²) in [5.41, 5.74) is 3.24. The molecule has 0 aliphatic carbocycles. The van der Waals surface area contributed by atoms with Gasteiger partial charge in [0.05, 0.1) is 12.3 Å². The monoisotopic (exact) mass is 359 g/mol. The molecule has 0 spiro atoms. The molecule has 1 aliphatic rings. The molecule has 4 rings (SSSR count). The van der Waals surface area contributed by atoms with Crippen molar-refractivity contribution < 1.29 is 14.3 Å². The lowest BCUT2D eigenvalue weighted by atomic mass is 10.1. The summed E-state index contributed by atoms with van der Waals surface area (Å²) in [4.78, 5) is 15.0. The fourth-order valence-electron chi connectivity index (χ4n) is 2.90. The molecule has 1 heterocycles. The molecule has 1 aliphatic heterocycles. The third-order valence-corrected chi connectivity index (χ3v) is 4.50. The van der Waals surface area contributed by atoms with Gasteiger partial charge in [0.2, 0.25) is 0 Å². The number of carbonyl (C=O) groups is 1. The summed E-state index contributed by atoms with van der Waals surface area (Å²) in [5, 5.41) is 0. The van der Waals surface area contributed by atoms with Crippen LogP contribution in [0, 0.1) is 6.92 Å². The Kier molecular flexibility index (Phi) is 4.90. The number of para-hydroxylation sites is 1. The largest absolute Gasteiger partial charge is 0.490 e. The van der Waals surface area contributed by atoms with Gasteiger partial charge in [-0.2, -0.15) is 0 Å². The first kappa shape index (κ1) is 17.3. The van der Waals surface area contributed by atoms with E-state index in [4.69, 9.17) is 9.47 Å². The third-order valence-electron chi connectivity index (χ3n) is 4.50. The number of epoxide rings is 1. The second kappa shape index (κ2) is 7.64. The van der Waals surface area contributed by atoms with E-state index in [1.54, 1.807) is 4.90 Å². The van der Waals surface area contributed by atoms with Crippen LogP contribution < -0.4 is 9.64 Å². The van der Waals surface area contributed by atoms with Crippen LogP contribution in [0.1, 0.15) is 15.9 Å². The molecule has 1 atom stereocenters. The van der Waals surface area contributed by atoms with Gasteiger partial charge in [0, 0.05) is 17.3 Å². The maximum Gasteiger partial charge on any atom is 0.262 e. The van der Waals surface area contributed by atoms with E-state index in [-0.39, 0.29) is 12.0 Å². The van der Waals surface area contributed by atoms with Crippen molar-refractivity contribution in [3.8, 4) is 5.75 Å². The van der Waals surface area contributed by atoms with E-state index in [0.717, 1.165) is 29.3 Å². The maximum absolute atomic E-state index is 13.3. The molecule has 3 aromatic rings. The number of hydrogen-bond donors (Lipinski definition) is 0. The zero-order chi connectivity index (χ0) is 18.6. The Labute approximate surface area is 159 Å². The van der Waals surface area contributed by atoms with Gasteiger partial charge in [-0.15, -0.1) is 0 Å². The van der Waals surface area contributed by atoms with E-state index in [1.807, 2.05) is 85.8 Å². The fourth-order valence-corrected chi connectivity index (χ4v) is 2.90. The normalized spacial score (nSPS) is 15.2. The summed E-state index contributed by atoms with van der Waals surface area (Å²) in [6.45, 7) is 3.28. The highest BCUT2D eigenvalue weighted by Gasteiger charge is 2.24. The maximum atomic E-state index is 13.3. The number of ether oxygens (including phenoxy) is 2. The Morgan fingerprint density at radius 2 is 1.67 bits per heavy atom. The second-order valence-corrected chi connectivity index (χ2v) is 6.56. The SMILES string of the molecule is Cc1ccc(N(C(=O)c2ccccc2)c2ccccc2)cc1OCC1CO1. The highest BCUT2D eigenvalue weighted by Crippen LogP contribution is 2.32. The van der Waals surface area contributed by atoms with Crippen molar-refractivity contribution >= 4 is 17.3 Å². The summed E-state index contributed by atoms with van der Waals surface area (Å²) < 4.78 is 11.1. The van der Waals surface area contributed by atoms with Crippen LogP contribution in [0.3, 0.4) is 0 Å². The van der Waals surface area contributed by atoms with Gasteiger partial charge in [-0.05, 0) is 42.8 Å². The van der Waals surface area contributed by atoms with Crippen molar-refractivity contribution in [2.75, 3.05) is 18.1 Å². The molecule has 0 bridgehead atoms. The Balaban J connectivity index is 1.72. The summed E-state index contributed by atoms with van der Waals surface area (Å²) >= 11 is 0. The lowest BCUT2D eigenvalue weighted by molar-refractivity contribution is 0.0999. The molecule has 27 heavy (non-hydrogen) atoms. The lowest BCUT2D eigenvalue weighted by Crippen LogP contribution is -2.26. The van der Waals surface area contributed by atoms with Crippen molar-refractivity contribution in [2.45, 2.75) is 13.0 Å². The van der Waals surface area contributed by atoms with Crippen LogP contribution in [0.15, 0.2) is 78.9 Å². The predicted molar refractivity (Wildman–Crippen MR) is 106 cm³/mol. The zero-order valence-corrected chi connectivity index (χ0v) is 15.2. The number of anilines is 2. The van der Waals surface area contributed by atoms with Crippen molar-refractivity contribution in [3.63, 3.8) is 0 Å². The van der Waals surface area contributed by atoms with Gasteiger partial charge >= 0.3 is 0 Å². The molecule has 136 valence electrons. The van der Waals surface area contributed by atoms with Gasteiger partial charge in [0.1, 0.15) is 18.5 Å². The van der Waals surface area contributed by atoms with Crippen LogP contribution in [0.5, 0.6) is 5.75 Å². The molecule has 1 fully saturated rings. The Hall–Kier alpha value is -3.11. The molecule has 1 amide bonds. The summed E-state index contributed by atoms with van der Waals surface area (Å²) in [6.07, 6.45) is 0.184. The molecule has 0 N–H and O–H groups in total. The molecule has 4 nitrogen and oxygen atoms in total. The van der Waals surface area contributed by atoms with E-state index >= 15 is 0 Å². The molecule has 0 radical (unpaired) electrons. The highest BCUT2D eigenvalue weighted by molar-refractivity contribution is 6.11. The van der Waals surface area contributed by atoms with Gasteiger partial charge in [-0.1, -0.05) is 42.5 Å². The van der Waals surface area contributed by atoms with Crippen LogP contribution in [-0.2, 0) is 4.74 Å². The topological polar surface area (TPSA) is 42.1 Å². The van der Waals surface area contributed by atoms with Crippen LogP contribution in [0.4, 0.5) is 11.4 Å². The van der Waals surface area contributed by atoms with Crippen LogP contribution >= 0.6 is 0 Å². The van der Waals surface area contributed by atoms with E-state index < -0.39 is 0 Å². The molecule has 1 unspecified atom stereocenters. The number of aryl methyl sites for hydroxylation is 1. The average Bonchev–Trinajstić information content (AvgIpc) is 3.54. The number of hydrogen-bond acceptors (Lipinski definition) is 3. The van der Waals surface area contributed by atoms with Crippen molar-refractivity contribution in [3.05, 3.63) is 90.0 Å². The summed E-state index contributed by atoms with van der Waals surface area (Å²) in [7, 11) is 0. The van der Waals surface area contributed by atoms with Crippen molar-refractivity contribution in [1.82, 2.24) is 0 Å². The number of nitrogens with zero attached hydrogens (tertiary/aromatic N) is 1. The smallest absolute Gasteiger partial charge is 0.262 e.